The van der Waals surface area contributed by atoms with Crippen LogP contribution in [0.15, 0.2) is 30.7 Å². The lowest BCUT2D eigenvalue weighted by molar-refractivity contribution is 0.537. The van der Waals surface area contributed by atoms with Crippen LogP contribution < -0.4 is 9.80 Å². The third kappa shape index (κ3) is 3.22. The number of hydrogen-bond acceptors (Lipinski definition) is 5. The van der Waals surface area contributed by atoms with Crippen LogP contribution in [0.25, 0.3) is 0 Å². The molecule has 110 valence electrons. The Balaban J connectivity index is 1.72. The molecule has 21 heavy (non-hydrogen) atoms. The van der Waals surface area contributed by atoms with Gasteiger partial charge in [-0.1, -0.05) is 0 Å². The van der Waals surface area contributed by atoms with E-state index in [-0.39, 0.29) is 11.9 Å². The first-order valence-electron chi connectivity index (χ1n) is 6.74. The van der Waals surface area contributed by atoms with Crippen molar-refractivity contribution in [2.24, 2.45) is 0 Å². The fourth-order valence-corrected chi connectivity index (χ4v) is 2.76. The zero-order valence-electron chi connectivity index (χ0n) is 11.6. The molecule has 7 heteroatoms. The van der Waals surface area contributed by atoms with Crippen molar-refractivity contribution in [2.75, 3.05) is 29.4 Å². The van der Waals surface area contributed by atoms with Crippen LogP contribution in [0.2, 0.25) is 0 Å². The second-order valence-corrected chi connectivity index (χ2v) is 6.27. The Kier molecular flexibility index (Phi) is 4.18. The van der Waals surface area contributed by atoms with Gasteiger partial charge in [-0.05, 0) is 41.6 Å². The van der Waals surface area contributed by atoms with E-state index < -0.39 is 0 Å². The number of halogens is 2. The monoisotopic (exact) mass is 399 g/mol. The minimum atomic E-state index is -0.308. The van der Waals surface area contributed by atoms with Crippen LogP contribution in [0.3, 0.4) is 0 Å². The molecule has 3 rings (SSSR count). The van der Waals surface area contributed by atoms with E-state index in [1.165, 1.54) is 12.3 Å². The minimum absolute atomic E-state index is 0.264. The average Bonchev–Trinajstić information content (AvgIpc) is 2.49. The molecule has 3 heterocycles. The van der Waals surface area contributed by atoms with Gasteiger partial charge < -0.3 is 9.80 Å². The molecule has 2 aromatic heterocycles. The van der Waals surface area contributed by atoms with Crippen molar-refractivity contribution >= 4 is 34.4 Å². The van der Waals surface area contributed by atoms with E-state index in [9.17, 15) is 4.39 Å². The average molecular weight is 399 g/mol. The van der Waals surface area contributed by atoms with Gasteiger partial charge in [0.05, 0.1) is 6.20 Å². The van der Waals surface area contributed by atoms with Crippen molar-refractivity contribution in [1.29, 1.82) is 0 Å². The van der Waals surface area contributed by atoms with Crippen molar-refractivity contribution in [3.63, 3.8) is 0 Å². The molecule has 0 amide bonds. The maximum Gasteiger partial charge on any atom is 0.225 e. The van der Waals surface area contributed by atoms with Crippen molar-refractivity contribution in [3.8, 4) is 0 Å². The Morgan fingerprint density at radius 1 is 1.14 bits per heavy atom. The summed E-state index contributed by atoms with van der Waals surface area (Å²) in [6.45, 7) is 4.59. The number of rotatable bonds is 2. The number of pyridine rings is 1. The fraction of sp³-hybridized carbons (Fsp3) is 0.357. The van der Waals surface area contributed by atoms with Gasteiger partial charge in [-0.2, -0.15) is 0 Å². The molecule has 1 fully saturated rings. The predicted molar refractivity (Wildman–Crippen MR) is 88.0 cm³/mol. The van der Waals surface area contributed by atoms with E-state index in [2.05, 4.69) is 54.3 Å². The number of aromatic nitrogens is 3. The molecule has 0 radical (unpaired) electrons. The van der Waals surface area contributed by atoms with Crippen LogP contribution in [-0.2, 0) is 0 Å². The molecule has 1 atom stereocenters. The Morgan fingerprint density at radius 2 is 1.90 bits per heavy atom. The molecule has 0 aliphatic carbocycles. The SMILES string of the molecule is C[C@@H]1CN(c2ncc(I)cn2)CCN1c1ccc(F)cn1. The van der Waals surface area contributed by atoms with Gasteiger partial charge in [-0.15, -0.1) is 0 Å². The Hall–Kier alpha value is -1.51. The van der Waals surface area contributed by atoms with E-state index in [1.54, 1.807) is 6.07 Å². The number of hydrogen-bond donors (Lipinski definition) is 0. The molecule has 1 saturated heterocycles. The molecule has 5 nitrogen and oxygen atoms in total. The number of anilines is 2. The molecule has 1 aliphatic rings. The summed E-state index contributed by atoms with van der Waals surface area (Å²) in [6, 6.07) is 3.44. The topological polar surface area (TPSA) is 45.2 Å². The summed E-state index contributed by atoms with van der Waals surface area (Å²) >= 11 is 2.19. The molecule has 0 spiro atoms. The Labute approximate surface area is 136 Å². The van der Waals surface area contributed by atoms with E-state index in [0.29, 0.717) is 0 Å². The predicted octanol–water partition coefficient (Wildman–Crippen LogP) is 2.33. The summed E-state index contributed by atoms with van der Waals surface area (Å²) in [7, 11) is 0. The van der Waals surface area contributed by atoms with Crippen LogP contribution in [0, 0.1) is 9.39 Å². The third-order valence-corrected chi connectivity index (χ3v) is 4.08. The second-order valence-electron chi connectivity index (χ2n) is 5.02. The molecule has 0 N–H and O–H groups in total. The van der Waals surface area contributed by atoms with E-state index in [1.807, 2.05) is 12.4 Å². The normalized spacial score (nSPS) is 18.9. The van der Waals surface area contributed by atoms with Gasteiger partial charge in [0.2, 0.25) is 5.95 Å². The van der Waals surface area contributed by atoms with E-state index in [0.717, 1.165) is 35.0 Å². The Morgan fingerprint density at radius 3 is 2.52 bits per heavy atom. The first-order chi connectivity index (χ1) is 10.1. The lowest BCUT2D eigenvalue weighted by atomic mass is 10.2. The quantitative estimate of drug-likeness (QED) is 0.726. The molecule has 0 unspecified atom stereocenters. The third-order valence-electron chi connectivity index (χ3n) is 3.52. The lowest BCUT2D eigenvalue weighted by Crippen LogP contribution is -2.52. The molecule has 0 aromatic carbocycles. The summed E-state index contributed by atoms with van der Waals surface area (Å²) in [5, 5.41) is 0. The van der Waals surface area contributed by atoms with Crippen LogP contribution >= 0.6 is 22.6 Å². The van der Waals surface area contributed by atoms with Gasteiger partial charge in [0.15, 0.2) is 0 Å². The van der Waals surface area contributed by atoms with Gasteiger partial charge in [0.25, 0.3) is 0 Å². The van der Waals surface area contributed by atoms with Gasteiger partial charge >= 0.3 is 0 Å². The zero-order valence-corrected chi connectivity index (χ0v) is 13.7. The summed E-state index contributed by atoms with van der Waals surface area (Å²) in [6.07, 6.45) is 4.90. The summed E-state index contributed by atoms with van der Waals surface area (Å²) in [5.74, 6) is 1.26. The lowest BCUT2D eigenvalue weighted by Gasteiger charge is -2.40. The number of piperazine rings is 1. The molecule has 2 aromatic rings. The van der Waals surface area contributed by atoms with E-state index in [4.69, 9.17) is 0 Å². The largest absolute Gasteiger partial charge is 0.350 e. The summed E-state index contributed by atoms with van der Waals surface area (Å²) in [5.41, 5.74) is 0. The Bertz CT molecular complexity index is 604. The van der Waals surface area contributed by atoms with Crippen LogP contribution in [0.4, 0.5) is 16.2 Å². The highest BCUT2D eigenvalue weighted by Gasteiger charge is 2.26. The zero-order chi connectivity index (χ0) is 14.8. The second kappa shape index (κ2) is 6.08. The highest BCUT2D eigenvalue weighted by molar-refractivity contribution is 14.1. The first kappa shape index (κ1) is 14.4. The van der Waals surface area contributed by atoms with Crippen molar-refractivity contribution in [2.45, 2.75) is 13.0 Å². The van der Waals surface area contributed by atoms with Gasteiger partial charge in [0.1, 0.15) is 11.6 Å². The maximum absolute atomic E-state index is 13.0. The van der Waals surface area contributed by atoms with Crippen LogP contribution in [0.5, 0.6) is 0 Å². The molecule has 0 bridgehead atoms. The number of nitrogens with zero attached hydrogens (tertiary/aromatic N) is 5. The maximum atomic E-state index is 13.0. The van der Waals surface area contributed by atoms with Crippen molar-refractivity contribution in [3.05, 3.63) is 40.1 Å². The van der Waals surface area contributed by atoms with Gasteiger partial charge in [-0.25, -0.2) is 19.3 Å². The van der Waals surface area contributed by atoms with Crippen LogP contribution in [-0.4, -0.2) is 40.6 Å². The molecular weight excluding hydrogens is 384 g/mol. The molecule has 1 aliphatic heterocycles. The first-order valence-corrected chi connectivity index (χ1v) is 7.82. The molecule has 0 saturated carbocycles. The highest BCUT2D eigenvalue weighted by atomic mass is 127. The molecular formula is C14H15FIN5. The van der Waals surface area contributed by atoms with Crippen molar-refractivity contribution in [1.82, 2.24) is 15.0 Å². The summed E-state index contributed by atoms with van der Waals surface area (Å²) < 4.78 is 14.0. The van der Waals surface area contributed by atoms with Crippen LogP contribution in [0.1, 0.15) is 6.92 Å². The van der Waals surface area contributed by atoms with Crippen molar-refractivity contribution < 1.29 is 4.39 Å². The minimum Gasteiger partial charge on any atom is -0.350 e. The van der Waals surface area contributed by atoms with E-state index >= 15 is 0 Å². The van der Waals surface area contributed by atoms with Gasteiger partial charge in [0, 0.05) is 41.6 Å². The standard InChI is InChI=1S/C14H15FIN5/c1-10-9-20(14-18-7-12(16)8-19-14)4-5-21(10)13-3-2-11(15)6-17-13/h2-3,6-8,10H,4-5,9H2,1H3/t10-/m1/s1. The highest BCUT2D eigenvalue weighted by Crippen LogP contribution is 2.20. The fourth-order valence-electron chi connectivity index (χ4n) is 2.49. The summed E-state index contributed by atoms with van der Waals surface area (Å²) in [4.78, 5) is 17.3. The van der Waals surface area contributed by atoms with Gasteiger partial charge in [-0.3, -0.25) is 0 Å². The smallest absolute Gasteiger partial charge is 0.225 e.